The predicted octanol–water partition coefficient (Wildman–Crippen LogP) is 4.39. The van der Waals surface area contributed by atoms with E-state index in [1.54, 1.807) is 44.5 Å². The summed E-state index contributed by atoms with van der Waals surface area (Å²) < 4.78 is 37.0. The number of carbonyl (C=O) groups excluding carboxylic acids is 1. The quantitative estimate of drug-likeness (QED) is 0.151. The number of halogens is 1. The second-order valence-corrected chi connectivity index (χ2v) is 8.52. The minimum absolute atomic E-state index is 0.106. The molecule has 5 rings (SSSR count). The smallest absolute Gasteiger partial charge is 0.298 e. The number of phenols is 1. The largest absolute Gasteiger partial charge is 0.506 e. The third-order valence-corrected chi connectivity index (χ3v) is 5.99. The van der Waals surface area contributed by atoms with Gasteiger partial charge >= 0.3 is 0 Å². The molecule has 0 fully saturated rings. The van der Waals surface area contributed by atoms with Crippen molar-refractivity contribution in [2.75, 3.05) is 25.8 Å². The molecule has 0 radical (unpaired) electrons. The molecule has 13 heteroatoms. The van der Waals surface area contributed by atoms with Gasteiger partial charge in [-0.25, -0.2) is 24.9 Å². The standard InChI is InChI=1S/C28H25FN6O6/c1-4-40-25-15-34(20-7-5-16(29)11-21(20)36)33-27(25)28(37)35(30)26-8-6-17(14-32-26)41-22-9-10-31-19-13-24(39-3)23(38-2)12-18(19)22/h5-15,36H,4,30H2,1-3H3. The summed E-state index contributed by atoms with van der Waals surface area (Å²) in [5, 5.41) is 15.9. The fraction of sp³-hybridized carbons (Fsp3) is 0.143. The first kappa shape index (κ1) is 27.1. The Morgan fingerprint density at radius 3 is 2.49 bits per heavy atom. The molecule has 0 saturated heterocycles. The topological polar surface area (TPSA) is 147 Å². The van der Waals surface area contributed by atoms with Gasteiger partial charge in [0, 0.05) is 23.7 Å². The fourth-order valence-corrected chi connectivity index (χ4v) is 4.04. The molecule has 0 spiro atoms. The zero-order valence-corrected chi connectivity index (χ0v) is 22.2. The highest BCUT2D eigenvalue weighted by molar-refractivity contribution is 6.05. The van der Waals surface area contributed by atoms with E-state index in [0.717, 1.165) is 17.1 Å². The zero-order valence-electron chi connectivity index (χ0n) is 22.2. The molecule has 0 aliphatic carbocycles. The Balaban J connectivity index is 1.39. The molecule has 0 aliphatic rings. The van der Waals surface area contributed by atoms with Gasteiger partial charge in [-0.1, -0.05) is 0 Å². The van der Waals surface area contributed by atoms with E-state index >= 15 is 0 Å². The highest BCUT2D eigenvalue weighted by Gasteiger charge is 2.25. The van der Waals surface area contributed by atoms with E-state index in [4.69, 9.17) is 24.8 Å². The fourth-order valence-electron chi connectivity index (χ4n) is 4.04. The number of amides is 1. The average molecular weight is 561 g/mol. The van der Waals surface area contributed by atoms with Gasteiger partial charge in [0.05, 0.1) is 38.7 Å². The Labute approximate surface area is 233 Å². The minimum Gasteiger partial charge on any atom is -0.506 e. The van der Waals surface area contributed by atoms with Crippen LogP contribution in [0.5, 0.6) is 34.5 Å². The summed E-state index contributed by atoms with van der Waals surface area (Å²) in [6.07, 6.45) is 4.41. The van der Waals surface area contributed by atoms with Crippen LogP contribution in [-0.4, -0.2) is 51.6 Å². The number of nitrogens with zero attached hydrogens (tertiary/aromatic N) is 5. The van der Waals surface area contributed by atoms with Gasteiger partial charge in [-0.3, -0.25) is 9.78 Å². The lowest BCUT2D eigenvalue weighted by Crippen LogP contribution is -2.38. The van der Waals surface area contributed by atoms with Gasteiger partial charge in [0.1, 0.15) is 34.6 Å². The van der Waals surface area contributed by atoms with Gasteiger partial charge in [0.25, 0.3) is 5.91 Å². The van der Waals surface area contributed by atoms with Crippen molar-refractivity contribution in [3.05, 3.63) is 78.6 Å². The predicted molar refractivity (Wildman–Crippen MR) is 147 cm³/mol. The maximum absolute atomic E-state index is 13.4. The number of anilines is 1. The molecule has 3 N–H and O–H groups in total. The summed E-state index contributed by atoms with van der Waals surface area (Å²) in [6, 6.07) is 11.7. The summed E-state index contributed by atoms with van der Waals surface area (Å²) >= 11 is 0. The van der Waals surface area contributed by atoms with Crippen LogP contribution < -0.4 is 29.8 Å². The monoisotopic (exact) mass is 560 g/mol. The van der Waals surface area contributed by atoms with E-state index < -0.39 is 11.7 Å². The maximum Gasteiger partial charge on any atom is 0.298 e. The summed E-state index contributed by atoms with van der Waals surface area (Å²) in [7, 11) is 3.08. The third kappa shape index (κ3) is 5.38. The SMILES string of the molecule is CCOc1cn(-c2ccc(F)cc2O)nc1C(=O)N(N)c1ccc(Oc2ccnc3cc(OC)c(OC)cc23)cn1. The normalized spacial score (nSPS) is 10.9. The number of carbonyl (C=O) groups is 1. The molecule has 2 aromatic carbocycles. The Morgan fingerprint density at radius 1 is 1.02 bits per heavy atom. The number of methoxy groups -OCH3 is 2. The number of aromatic nitrogens is 4. The van der Waals surface area contributed by atoms with Crippen molar-refractivity contribution in [2.24, 2.45) is 5.84 Å². The minimum atomic E-state index is -0.726. The van der Waals surface area contributed by atoms with Crippen molar-refractivity contribution >= 4 is 22.6 Å². The lowest BCUT2D eigenvalue weighted by atomic mass is 10.2. The number of fused-ring (bicyclic) bond motifs is 1. The van der Waals surface area contributed by atoms with Crippen LogP contribution >= 0.6 is 0 Å². The molecule has 0 unspecified atom stereocenters. The van der Waals surface area contributed by atoms with E-state index in [-0.39, 0.29) is 35.3 Å². The van der Waals surface area contributed by atoms with Crippen LogP contribution in [0.15, 0.2) is 67.1 Å². The van der Waals surface area contributed by atoms with E-state index in [1.807, 2.05) is 0 Å². The molecule has 3 aromatic heterocycles. The molecule has 210 valence electrons. The number of hydrazine groups is 1. The number of aromatic hydroxyl groups is 1. The average Bonchev–Trinajstić information content (AvgIpc) is 3.39. The van der Waals surface area contributed by atoms with Crippen molar-refractivity contribution < 1.29 is 33.2 Å². The Bertz CT molecular complexity index is 1730. The Kier molecular flexibility index (Phi) is 7.52. The number of ether oxygens (including phenoxy) is 4. The van der Waals surface area contributed by atoms with Gasteiger partial charge in [0.15, 0.2) is 22.9 Å². The number of hydrogen-bond acceptors (Lipinski definition) is 10. The summed E-state index contributed by atoms with van der Waals surface area (Å²) in [4.78, 5) is 21.9. The second-order valence-electron chi connectivity index (χ2n) is 8.52. The Hall–Kier alpha value is -5.43. The summed E-state index contributed by atoms with van der Waals surface area (Å²) in [5.74, 6) is 6.56. The van der Waals surface area contributed by atoms with E-state index in [9.17, 15) is 14.3 Å². The lowest BCUT2D eigenvalue weighted by molar-refractivity contribution is 0.0977. The first-order chi connectivity index (χ1) is 19.8. The molecule has 1 amide bonds. The van der Waals surface area contributed by atoms with Crippen LogP contribution in [0.1, 0.15) is 17.4 Å². The van der Waals surface area contributed by atoms with E-state index in [2.05, 4.69) is 15.1 Å². The lowest BCUT2D eigenvalue weighted by Gasteiger charge is -2.16. The van der Waals surface area contributed by atoms with E-state index in [1.165, 1.54) is 36.3 Å². The van der Waals surface area contributed by atoms with Crippen molar-refractivity contribution in [1.82, 2.24) is 19.7 Å². The van der Waals surface area contributed by atoms with Crippen LogP contribution in [0, 0.1) is 5.82 Å². The number of benzene rings is 2. The van der Waals surface area contributed by atoms with Crippen molar-refractivity contribution in [3.63, 3.8) is 0 Å². The molecule has 41 heavy (non-hydrogen) atoms. The van der Waals surface area contributed by atoms with Gasteiger partial charge in [0.2, 0.25) is 0 Å². The van der Waals surface area contributed by atoms with E-state index in [0.29, 0.717) is 33.9 Å². The molecule has 0 saturated carbocycles. The summed E-state index contributed by atoms with van der Waals surface area (Å²) in [5.41, 5.74) is 0.657. The van der Waals surface area contributed by atoms with Crippen LogP contribution in [0.3, 0.4) is 0 Å². The molecule has 12 nitrogen and oxygen atoms in total. The molecular weight excluding hydrogens is 535 g/mol. The van der Waals surface area contributed by atoms with Crippen LogP contribution in [-0.2, 0) is 0 Å². The molecule has 0 atom stereocenters. The molecule has 0 bridgehead atoms. The van der Waals surface area contributed by atoms with Gasteiger partial charge in [-0.2, -0.15) is 5.10 Å². The molecular formula is C28H25FN6O6. The number of hydrogen-bond donors (Lipinski definition) is 2. The second kappa shape index (κ2) is 11.4. The number of phenolic OH excluding ortho intramolecular Hbond substituents is 1. The highest BCUT2D eigenvalue weighted by Crippen LogP contribution is 2.37. The number of rotatable bonds is 9. The highest BCUT2D eigenvalue weighted by atomic mass is 19.1. The van der Waals surface area contributed by atoms with Gasteiger partial charge < -0.3 is 24.1 Å². The van der Waals surface area contributed by atoms with Crippen molar-refractivity contribution in [3.8, 4) is 40.2 Å². The Morgan fingerprint density at radius 2 is 1.80 bits per heavy atom. The molecule has 3 heterocycles. The van der Waals surface area contributed by atoms with Crippen LogP contribution in [0.2, 0.25) is 0 Å². The number of nitrogens with two attached hydrogens (primary N) is 1. The van der Waals surface area contributed by atoms with Crippen LogP contribution in [0.25, 0.3) is 16.6 Å². The zero-order chi connectivity index (χ0) is 29.1. The van der Waals surface area contributed by atoms with Crippen molar-refractivity contribution in [2.45, 2.75) is 6.92 Å². The summed E-state index contributed by atoms with van der Waals surface area (Å²) in [6.45, 7) is 1.97. The number of pyridine rings is 2. The van der Waals surface area contributed by atoms with Gasteiger partial charge in [-0.05, 0) is 43.3 Å². The first-order valence-electron chi connectivity index (χ1n) is 12.3. The first-order valence-corrected chi connectivity index (χ1v) is 12.3. The molecule has 5 aromatic rings. The van der Waals surface area contributed by atoms with Crippen molar-refractivity contribution in [1.29, 1.82) is 0 Å². The third-order valence-electron chi connectivity index (χ3n) is 5.99. The van der Waals surface area contributed by atoms with Crippen LogP contribution in [0.4, 0.5) is 10.2 Å². The maximum atomic E-state index is 13.4. The molecule has 0 aliphatic heterocycles. The van der Waals surface area contributed by atoms with Gasteiger partial charge in [-0.15, -0.1) is 0 Å².